The van der Waals surface area contributed by atoms with Gasteiger partial charge in [0, 0.05) is 12.0 Å². The molecule has 46 valence electrons. The van der Waals surface area contributed by atoms with Crippen molar-refractivity contribution in [1.82, 2.24) is 5.32 Å². The molecule has 0 radical (unpaired) electrons. The number of amides is 1. The van der Waals surface area contributed by atoms with Gasteiger partial charge in [0.25, 0.3) is 5.91 Å². The highest BCUT2D eigenvalue weighted by molar-refractivity contribution is 9.14. The van der Waals surface area contributed by atoms with Crippen molar-refractivity contribution in [2.24, 2.45) is 0 Å². The van der Waals surface area contributed by atoms with Crippen molar-refractivity contribution >= 4 is 37.8 Å². The number of halogens is 2. The van der Waals surface area contributed by atoms with Gasteiger partial charge in [0.05, 0.1) is 4.48 Å². The van der Waals surface area contributed by atoms with Crippen LogP contribution in [-0.4, -0.2) is 13.0 Å². The van der Waals surface area contributed by atoms with Crippen LogP contribution in [0, 0.1) is 0 Å². The van der Waals surface area contributed by atoms with Gasteiger partial charge < -0.3 is 5.32 Å². The van der Waals surface area contributed by atoms with Crippen molar-refractivity contribution in [2.75, 3.05) is 7.05 Å². The van der Waals surface area contributed by atoms with E-state index in [0.717, 1.165) is 0 Å². The molecule has 0 aliphatic carbocycles. The molecule has 1 N–H and O–H groups in total. The van der Waals surface area contributed by atoms with Crippen LogP contribution in [0.1, 0.15) is 0 Å². The number of nitrogens with one attached hydrogen (secondary N) is 1. The van der Waals surface area contributed by atoms with E-state index in [2.05, 4.69) is 37.2 Å². The van der Waals surface area contributed by atoms with E-state index in [9.17, 15) is 4.79 Å². The number of carbonyl (C=O) groups excluding carboxylic acids is 1. The molecule has 0 bridgehead atoms. The highest BCUT2D eigenvalue weighted by atomic mass is 79.9. The van der Waals surface area contributed by atoms with Gasteiger partial charge in [-0.25, -0.2) is 0 Å². The van der Waals surface area contributed by atoms with E-state index < -0.39 is 0 Å². The fourth-order valence-electron chi connectivity index (χ4n) is 0.169. The number of hydrogen-bond donors (Lipinski definition) is 1. The summed E-state index contributed by atoms with van der Waals surface area (Å²) in [5.41, 5.74) is 0. The number of hydrogen-bond acceptors (Lipinski definition) is 1. The summed E-state index contributed by atoms with van der Waals surface area (Å²) < 4.78 is 0.486. The molecule has 0 saturated carbocycles. The smallest absolute Gasteiger partial charge is 0.258 e. The van der Waals surface area contributed by atoms with E-state index in [1.54, 1.807) is 7.05 Å². The van der Waals surface area contributed by atoms with E-state index in [0.29, 0.717) is 4.48 Å². The first-order valence-electron chi connectivity index (χ1n) is 1.90. The van der Waals surface area contributed by atoms with Gasteiger partial charge in [0.15, 0.2) is 0 Å². The van der Waals surface area contributed by atoms with Crippen LogP contribution in [0.2, 0.25) is 0 Å². The Morgan fingerprint density at radius 1 is 1.75 bits per heavy atom. The first-order chi connectivity index (χ1) is 3.72. The minimum atomic E-state index is -0.137. The van der Waals surface area contributed by atoms with Crippen LogP contribution >= 0.6 is 31.9 Å². The van der Waals surface area contributed by atoms with Crippen LogP contribution in [0.5, 0.6) is 0 Å². The lowest BCUT2D eigenvalue weighted by Crippen LogP contribution is -2.16. The topological polar surface area (TPSA) is 29.1 Å². The summed E-state index contributed by atoms with van der Waals surface area (Å²) in [6.45, 7) is 0. The lowest BCUT2D eigenvalue weighted by Gasteiger charge is -1.91. The minimum Gasteiger partial charge on any atom is -0.355 e. The van der Waals surface area contributed by atoms with E-state index in [1.165, 1.54) is 4.99 Å². The van der Waals surface area contributed by atoms with E-state index in [4.69, 9.17) is 0 Å². The molecule has 1 amide bonds. The second kappa shape index (κ2) is 4.09. The monoisotopic (exact) mass is 241 g/mol. The predicted molar refractivity (Wildman–Crippen MR) is 40.0 cm³/mol. The molecule has 0 heterocycles. The first-order valence-corrected chi connectivity index (χ1v) is 3.61. The third-order valence-electron chi connectivity index (χ3n) is 0.540. The molecule has 0 aromatic rings. The average molecular weight is 243 g/mol. The third-order valence-corrected chi connectivity index (χ3v) is 2.20. The van der Waals surface area contributed by atoms with Crippen molar-refractivity contribution in [3.63, 3.8) is 0 Å². The Bertz CT molecular complexity index is 121. The van der Waals surface area contributed by atoms with E-state index >= 15 is 0 Å². The Balaban J connectivity index is 3.83. The predicted octanol–water partition coefficient (Wildman–Crippen LogP) is 1.36. The molecule has 0 aromatic heterocycles. The van der Waals surface area contributed by atoms with Crippen LogP contribution in [0.25, 0.3) is 0 Å². The highest BCUT2D eigenvalue weighted by Gasteiger charge is 1.98. The minimum absolute atomic E-state index is 0.137. The summed E-state index contributed by atoms with van der Waals surface area (Å²) in [6.07, 6.45) is 0. The van der Waals surface area contributed by atoms with Gasteiger partial charge >= 0.3 is 0 Å². The van der Waals surface area contributed by atoms with E-state index in [-0.39, 0.29) is 5.91 Å². The Morgan fingerprint density at radius 2 is 2.25 bits per heavy atom. The molecule has 2 nitrogen and oxygen atoms in total. The number of carbonyl (C=O) groups is 1. The molecule has 0 fully saturated rings. The van der Waals surface area contributed by atoms with E-state index in [1.807, 2.05) is 0 Å². The second-order valence-electron chi connectivity index (χ2n) is 1.04. The Kier molecular flexibility index (Phi) is 4.18. The van der Waals surface area contributed by atoms with Gasteiger partial charge in [0.1, 0.15) is 0 Å². The summed E-state index contributed by atoms with van der Waals surface area (Å²) in [6, 6.07) is 0. The SMILES string of the molecule is CNC(=O)C(Br)=CBr. The lowest BCUT2D eigenvalue weighted by atomic mass is 10.6. The van der Waals surface area contributed by atoms with Gasteiger partial charge in [-0.15, -0.1) is 0 Å². The Hall–Kier alpha value is 0.170. The van der Waals surface area contributed by atoms with Gasteiger partial charge in [-0.2, -0.15) is 0 Å². The second-order valence-corrected chi connectivity index (χ2v) is 2.35. The zero-order chi connectivity index (χ0) is 6.57. The van der Waals surface area contributed by atoms with Gasteiger partial charge in [-0.1, -0.05) is 15.9 Å². The van der Waals surface area contributed by atoms with Gasteiger partial charge in [0.2, 0.25) is 0 Å². The molecule has 0 aliphatic rings. The van der Waals surface area contributed by atoms with Crippen molar-refractivity contribution in [3.05, 3.63) is 9.47 Å². The molecule has 0 unspecified atom stereocenters. The largest absolute Gasteiger partial charge is 0.355 e. The number of rotatable bonds is 1. The molecule has 0 aromatic carbocycles. The highest BCUT2D eigenvalue weighted by Crippen LogP contribution is 2.05. The van der Waals surface area contributed by atoms with Gasteiger partial charge in [-0.05, 0) is 15.9 Å². The normalized spacial score (nSPS) is 11.1. The van der Waals surface area contributed by atoms with Crippen molar-refractivity contribution in [2.45, 2.75) is 0 Å². The summed E-state index contributed by atoms with van der Waals surface area (Å²) in [4.78, 5) is 12.0. The molecular weight excluding hydrogens is 238 g/mol. The van der Waals surface area contributed by atoms with Crippen molar-refractivity contribution in [3.8, 4) is 0 Å². The molecule has 0 rings (SSSR count). The molecule has 0 spiro atoms. The summed E-state index contributed by atoms with van der Waals surface area (Å²) >= 11 is 5.99. The van der Waals surface area contributed by atoms with Crippen LogP contribution in [-0.2, 0) is 4.79 Å². The maximum absolute atomic E-state index is 10.5. The average Bonchev–Trinajstić information content (AvgIpc) is 1.84. The lowest BCUT2D eigenvalue weighted by molar-refractivity contribution is -0.116. The zero-order valence-electron chi connectivity index (χ0n) is 4.24. The zero-order valence-corrected chi connectivity index (χ0v) is 7.41. The number of likely N-dealkylation sites (N-methyl/N-ethyl adjacent to an activating group) is 1. The summed E-state index contributed by atoms with van der Waals surface area (Å²) in [5.74, 6) is -0.137. The van der Waals surface area contributed by atoms with Gasteiger partial charge in [-0.3, -0.25) is 4.79 Å². The molecule has 0 aliphatic heterocycles. The molecule has 8 heavy (non-hydrogen) atoms. The molecule has 0 atom stereocenters. The Labute approximate surface area is 64.6 Å². The van der Waals surface area contributed by atoms with Crippen molar-refractivity contribution in [1.29, 1.82) is 0 Å². The molecule has 0 saturated heterocycles. The van der Waals surface area contributed by atoms with Crippen LogP contribution < -0.4 is 5.32 Å². The molecular formula is C4H5Br2NO. The Morgan fingerprint density at radius 3 is 2.38 bits per heavy atom. The van der Waals surface area contributed by atoms with Crippen molar-refractivity contribution < 1.29 is 4.79 Å². The van der Waals surface area contributed by atoms with Crippen LogP contribution in [0.4, 0.5) is 0 Å². The standard InChI is InChI=1S/C4H5Br2NO/c1-7-4(8)3(6)2-5/h2H,1H3,(H,7,8). The fourth-order valence-corrected chi connectivity index (χ4v) is 0.575. The first kappa shape index (κ1) is 8.17. The molecule has 4 heteroatoms. The van der Waals surface area contributed by atoms with Crippen LogP contribution in [0.3, 0.4) is 0 Å². The fraction of sp³-hybridized carbons (Fsp3) is 0.250. The maximum atomic E-state index is 10.5. The maximum Gasteiger partial charge on any atom is 0.258 e. The van der Waals surface area contributed by atoms with Crippen LogP contribution in [0.15, 0.2) is 9.47 Å². The quantitative estimate of drug-likeness (QED) is 0.692. The summed E-state index contributed by atoms with van der Waals surface area (Å²) in [7, 11) is 1.57. The summed E-state index contributed by atoms with van der Waals surface area (Å²) in [5, 5.41) is 2.43. The third kappa shape index (κ3) is 2.47.